The van der Waals surface area contributed by atoms with E-state index in [2.05, 4.69) is 5.32 Å². The second-order valence-corrected chi connectivity index (χ2v) is 6.45. The molecule has 0 aromatic rings. The van der Waals surface area contributed by atoms with E-state index >= 15 is 0 Å². The first-order valence-electron chi connectivity index (χ1n) is 7.56. The molecule has 1 heterocycles. The molecule has 0 bridgehead atoms. The van der Waals surface area contributed by atoms with Gasteiger partial charge < -0.3 is 29.7 Å². The van der Waals surface area contributed by atoms with Crippen molar-refractivity contribution < 1.29 is 29.2 Å². The first-order chi connectivity index (χ1) is 10.1. The highest BCUT2D eigenvalue weighted by molar-refractivity contribution is 5.73. The van der Waals surface area contributed by atoms with Gasteiger partial charge in [0.15, 0.2) is 0 Å². The predicted octanol–water partition coefficient (Wildman–Crippen LogP) is -0.170. The van der Waals surface area contributed by atoms with Crippen LogP contribution >= 0.6 is 0 Å². The van der Waals surface area contributed by atoms with Crippen LogP contribution in [0.2, 0.25) is 0 Å². The van der Waals surface area contributed by atoms with Crippen molar-refractivity contribution in [3.8, 4) is 0 Å². The molecule has 1 aliphatic heterocycles. The van der Waals surface area contributed by atoms with E-state index in [0.29, 0.717) is 0 Å². The number of methoxy groups -OCH3 is 1. The van der Waals surface area contributed by atoms with Crippen molar-refractivity contribution >= 4 is 5.91 Å². The summed E-state index contributed by atoms with van der Waals surface area (Å²) in [4.78, 5) is 11.5. The number of nitrogens with one attached hydrogen (secondary N) is 1. The van der Waals surface area contributed by atoms with Crippen LogP contribution in [0.15, 0.2) is 0 Å². The van der Waals surface area contributed by atoms with Gasteiger partial charge in [0.1, 0.15) is 24.4 Å². The summed E-state index contributed by atoms with van der Waals surface area (Å²) in [5.41, 5.74) is -0.760. The Bertz CT molecular complexity index is 373. The van der Waals surface area contributed by atoms with Gasteiger partial charge in [-0.05, 0) is 27.7 Å². The summed E-state index contributed by atoms with van der Waals surface area (Å²) < 4.78 is 17.0. The fraction of sp³-hybridized carbons (Fsp3) is 0.933. The number of ether oxygens (including phenoxy) is 3. The molecule has 0 saturated carbocycles. The van der Waals surface area contributed by atoms with Crippen LogP contribution in [0.25, 0.3) is 0 Å². The zero-order valence-electron chi connectivity index (χ0n) is 14.2. The van der Waals surface area contributed by atoms with Gasteiger partial charge in [0.25, 0.3) is 0 Å². The van der Waals surface area contributed by atoms with Crippen LogP contribution in [0, 0.1) is 0 Å². The Kier molecular flexibility index (Phi) is 6.76. The van der Waals surface area contributed by atoms with Crippen molar-refractivity contribution in [2.45, 2.75) is 76.8 Å². The maximum Gasteiger partial charge on any atom is 0.217 e. The molecule has 5 atom stereocenters. The Hall–Kier alpha value is -0.730. The van der Waals surface area contributed by atoms with E-state index < -0.39 is 36.1 Å². The smallest absolute Gasteiger partial charge is 0.217 e. The SMILES string of the molecule is COC(C)(C)C1OC(CO)C(OC(C)C)C(O)C1NC(C)=O. The van der Waals surface area contributed by atoms with Crippen LogP contribution < -0.4 is 5.32 Å². The number of hydrogen-bond donors (Lipinski definition) is 3. The molecule has 1 aliphatic rings. The summed E-state index contributed by atoms with van der Waals surface area (Å²) in [7, 11) is 1.53. The van der Waals surface area contributed by atoms with E-state index in [1.54, 1.807) is 13.8 Å². The average molecular weight is 319 g/mol. The van der Waals surface area contributed by atoms with E-state index in [1.165, 1.54) is 14.0 Å². The third kappa shape index (κ3) is 4.39. The molecule has 3 N–H and O–H groups in total. The van der Waals surface area contributed by atoms with Crippen LogP contribution in [-0.4, -0.2) is 72.0 Å². The lowest BCUT2D eigenvalue weighted by molar-refractivity contribution is -0.253. The van der Waals surface area contributed by atoms with Gasteiger partial charge in [-0.25, -0.2) is 0 Å². The van der Waals surface area contributed by atoms with Crippen molar-refractivity contribution in [3.05, 3.63) is 0 Å². The Balaban J connectivity index is 3.11. The van der Waals surface area contributed by atoms with Crippen molar-refractivity contribution in [1.82, 2.24) is 5.32 Å². The third-order valence-electron chi connectivity index (χ3n) is 3.91. The Morgan fingerprint density at radius 1 is 1.41 bits per heavy atom. The number of amides is 1. The fourth-order valence-corrected chi connectivity index (χ4v) is 2.69. The average Bonchev–Trinajstić information content (AvgIpc) is 2.42. The Morgan fingerprint density at radius 2 is 2.00 bits per heavy atom. The highest BCUT2D eigenvalue weighted by Crippen LogP contribution is 2.31. The summed E-state index contributed by atoms with van der Waals surface area (Å²) in [5, 5.41) is 23.0. The van der Waals surface area contributed by atoms with E-state index in [4.69, 9.17) is 14.2 Å². The molecule has 0 aromatic heterocycles. The summed E-state index contributed by atoms with van der Waals surface area (Å²) in [6.07, 6.45) is -3.22. The Labute approximate surface area is 131 Å². The lowest BCUT2D eigenvalue weighted by atomic mass is 9.84. The molecule has 0 radical (unpaired) electrons. The molecular formula is C15H29NO6. The highest BCUT2D eigenvalue weighted by atomic mass is 16.6. The zero-order chi connectivity index (χ0) is 17.1. The monoisotopic (exact) mass is 319 g/mol. The van der Waals surface area contributed by atoms with E-state index in [1.807, 2.05) is 13.8 Å². The van der Waals surface area contributed by atoms with Gasteiger partial charge in [-0.3, -0.25) is 4.79 Å². The minimum Gasteiger partial charge on any atom is -0.394 e. The van der Waals surface area contributed by atoms with E-state index in [0.717, 1.165) is 0 Å². The fourth-order valence-electron chi connectivity index (χ4n) is 2.69. The van der Waals surface area contributed by atoms with Crippen LogP contribution in [0.5, 0.6) is 0 Å². The molecule has 1 rings (SSSR count). The molecule has 1 saturated heterocycles. The van der Waals surface area contributed by atoms with Crippen molar-refractivity contribution in [3.63, 3.8) is 0 Å². The van der Waals surface area contributed by atoms with Gasteiger partial charge in [-0.2, -0.15) is 0 Å². The van der Waals surface area contributed by atoms with Gasteiger partial charge in [-0.1, -0.05) is 0 Å². The molecule has 0 aromatic carbocycles. The Morgan fingerprint density at radius 3 is 2.41 bits per heavy atom. The minimum atomic E-state index is -1.02. The molecule has 22 heavy (non-hydrogen) atoms. The van der Waals surface area contributed by atoms with Gasteiger partial charge in [0.2, 0.25) is 5.91 Å². The number of carbonyl (C=O) groups is 1. The van der Waals surface area contributed by atoms with E-state index in [-0.39, 0.29) is 18.6 Å². The quantitative estimate of drug-likeness (QED) is 0.629. The standard InChI is InChI=1S/C15H29NO6/c1-8(2)21-13-10(7-17)22-14(15(4,5)20-6)11(12(13)19)16-9(3)18/h8,10-14,17,19H,7H2,1-6H3,(H,16,18). The molecule has 7 nitrogen and oxygen atoms in total. The molecule has 0 spiro atoms. The topological polar surface area (TPSA) is 97.2 Å². The molecule has 0 aliphatic carbocycles. The second kappa shape index (κ2) is 7.70. The van der Waals surface area contributed by atoms with Crippen LogP contribution in [0.3, 0.4) is 0 Å². The van der Waals surface area contributed by atoms with Crippen LogP contribution in [0.1, 0.15) is 34.6 Å². The normalized spacial score (nSPS) is 33.0. The van der Waals surface area contributed by atoms with Crippen LogP contribution in [-0.2, 0) is 19.0 Å². The summed E-state index contributed by atoms with van der Waals surface area (Å²) >= 11 is 0. The molecule has 1 fully saturated rings. The third-order valence-corrected chi connectivity index (χ3v) is 3.91. The predicted molar refractivity (Wildman–Crippen MR) is 80.5 cm³/mol. The number of aliphatic hydroxyl groups excluding tert-OH is 2. The van der Waals surface area contributed by atoms with Gasteiger partial charge in [-0.15, -0.1) is 0 Å². The molecule has 1 amide bonds. The number of carbonyl (C=O) groups excluding carboxylic acids is 1. The van der Waals surface area contributed by atoms with Crippen molar-refractivity contribution in [1.29, 1.82) is 0 Å². The highest BCUT2D eigenvalue weighted by Gasteiger charge is 2.51. The van der Waals surface area contributed by atoms with Gasteiger partial charge >= 0.3 is 0 Å². The number of rotatable bonds is 6. The van der Waals surface area contributed by atoms with Gasteiger partial charge in [0.05, 0.1) is 24.4 Å². The lowest BCUT2D eigenvalue weighted by Gasteiger charge is -2.49. The maximum atomic E-state index is 11.5. The first kappa shape index (κ1) is 19.3. The van der Waals surface area contributed by atoms with Crippen molar-refractivity contribution in [2.75, 3.05) is 13.7 Å². The largest absolute Gasteiger partial charge is 0.394 e. The first-order valence-corrected chi connectivity index (χ1v) is 7.56. The minimum absolute atomic E-state index is 0.151. The summed E-state index contributed by atoms with van der Waals surface area (Å²) in [6.45, 7) is 8.35. The molecular weight excluding hydrogens is 290 g/mol. The molecule has 130 valence electrons. The summed E-state index contributed by atoms with van der Waals surface area (Å²) in [5.74, 6) is -0.282. The molecule has 5 unspecified atom stereocenters. The summed E-state index contributed by atoms with van der Waals surface area (Å²) in [6, 6.07) is -0.695. The zero-order valence-corrected chi connectivity index (χ0v) is 14.2. The van der Waals surface area contributed by atoms with E-state index in [9.17, 15) is 15.0 Å². The maximum absolute atomic E-state index is 11.5. The van der Waals surface area contributed by atoms with Crippen molar-refractivity contribution in [2.24, 2.45) is 0 Å². The number of hydrogen-bond acceptors (Lipinski definition) is 6. The van der Waals surface area contributed by atoms with Crippen LogP contribution in [0.4, 0.5) is 0 Å². The lowest BCUT2D eigenvalue weighted by Crippen LogP contribution is -2.69. The number of aliphatic hydroxyl groups is 2. The molecule has 7 heteroatoms. The van der Waals surface area contributed by atoms with Gasteiger partial charge in [0, 0.05) is 14.0 Å². The second-order valence-electron chi connectivity index (χ2n) is 6.45.